The molecule has 150 valence electrons. The Morgan fingerprint density at radius 2 is 1.83 bits per heavy atom. The maximum Gasteiger partial charge on any atom is 0.235 e. The fourth-order valence-electron chi connectivity index (χ4n) is 3.94. The van der Waals surface area contributed by atoms with Crippen molar-refractivity contribution in [1.82, 2.24) is 24.1 Å². The molecule has 0 unspecified atom stereocenters. The number of fused-ring (bicyclic) bond motifs is 1. The first-order chi connectivity index (χ1) is 14.7. The Kier molecular flexibility index (Phi) is 4.48. The molecule has 5 aromatic rings. The molecule has 0 amide bonds. The van der Waals surface area contributed by atoms with Crippen LogP contribution in [0.4, 0.5) is 0 Å². The average Bonchev–Trinajstić information content (AvgIpc) is 3.50. The van der Waals surface area contributed by atoms with Crippen molar-refractivity contribution in [2.75, 3.05) is 0 Å². The first kappa shape index (κ1) is 18.1. The molecule has 0 radical (unpaired) electrons. The van der Waals surface area contributed by atoms with Crippen LogP contribution in [0.1, 0.15) is 6.42 Å². The van der Waals surface area contributed by atoms with E-state index in [0.717, 1.165) is 29.4 Å². The number of nitrogens with zero attached hydrogens (tertiary/aromatic N) is 4. The van der Waals surface area contributed by atoms with E-state index in [4.69, 9.17) is 0 Å². The third-order valence-corrected chi connectivity index (χ3v) is 5.33. The van der Waals surface area contributed by atoms with Crippen LogP contribution in [0, 0.1) is 0 Å². The van der Waals surface area contributed by atoms with Crippen molar-refractivity contribution in [3.63, 3.8) is 0 Å². The van der Waals surface area contributed by atoms with Gasteiger partial charge in [-0.3, -0.25) is 4.98 Å². The molecule has 0 bridgehead atoms. The van der Waals surface area contributed by atoms with E-state index in [2.05, 4.69) is 15.0 Å². The maximum atomic E-state index is 10.9. The second-order valence-electron chi connectivity index (χ2n) is 7.16. The van der Waals surface area contributed by atoms with Crippen molar-refractivity contribution in [2.45, 2.75) is 19.5 Å². The fourth-order valence-corrected chi connectivity index (χ4v) is 3.94. The molecule has 0 atom stereocenters. The summed E-state index contributed by atoms with van der Waals surface area (Å²) in [6.45, 7) is 1.27. The van der Waals surface area contributed by atoms with E-state index in [-0.39, 0.29) is 11.6 Å². The second kappa shape index (κ2) is 7.44. The standard InChI is InChI=1S/C23H21N5O2/c29-22-20(17-14-26-18-7-2-1-6-16(17)18)21(19-8-3-4-9-25-19)28(23(22)30)12-5-11-27-13-10-24-15-27/h1-4,6-10,13-15,26,29-30H,5,11-12H2. The molecular formula is C23H21N5O2. The van der Waals surface area contributed by atoms with Gasteiger partial charge in [-0.25, -0.2) is 4.98 Å². The number of para-hydroxylation sites is 1. The number of aromatic amines is 1. The van der Waals surface area contributed by atoms with Gasteiger partial charge in [-0.15, -0.1) is 0 Å². The van der Waals surface area contributed by atoms with Gasteiger partial charge in [0.05, 0.1) is 23.3 Å². The Morgan fingerprint density at radius 1 is 0.967 bits per heavy atom. The number of imidazole rings is 1. The van der Waals surface area contributed by atoms with Crippen molar-refractivity contribution in [1.29, 1.82) is 0 Å². The van der Waals surface area contributed by atoms with Gasteiger partial charge in [-0.2, -0.15) is 0 Å². The fraction of sp³-hybridized carbons (Fsp3) is 0.130. The van der Waals surface area contributed by atoms with Crippen LogP contribution in [0.15, 0.2) is 73.6 Å². The highest BCUT2D eigenvalue weighted by Gasteiger charge is 2.26. The van der Waals surface area contributed by atoms with Gasteiger partial charge in [-0.1, -0.05) is 24.3 Å². The molecule has 0 saturated carbocycles. The predicted octanol–water partition coefficient (Wildman–Crippen LogP) is 4.40. The molecule has 0 saturated heterocycles. The van der Waals surface area contributed by atoms with Crippen LogP contribution in [0.5, 0.6) is 11.6 Å². The third-order valence-electron chi connectivity index (χ3n) is 5.33. The zero-order chi connectivity index (χ0) is 20.5. The lowest BCUT2D eigenvalue weighted by Crippen LogP contribution is -2.05. The Morgan fingerprint density at radius 3 is 2.63 bits per heavy atom. The summed E-state index contributed by atoms with van der Waals surface area (Å²) in [6.07, 6.45) is 9.75. The number of benzene rings is 1. The van der Waals surface area contributed by atoms with Crippen LogP contribution < -0.4 is 0 Å². The molecule has 7 heteroatoms. The molecule has 0 aliphatic rings. The molecule has 0 spiro atoms. The highest BCUT2D eigenvalue weighted by atomic mass is 16.3. The number of hydrogen-bond acceptors (Lipinski definition) is 4. The summed E-state index contributed by atoms with van der Waals surface area (Å²) in [7, 11) is 0. The largest absolute Gasteiger partial charge is 0.503 e. The summed E-state index contributed by atoms with van der Waals surface area (Å²) in [4.78, 5) is 11.8. The van der Waals surface area contributed by atoms with Gasteiger partial charge in [0.2, 0.25) is 5.88 Å². The van der Waals surface area contributed by atoms with Crippen molar-refractivity contribution < 1.29 is 10.2 Å². The van der Waals surface area contributed by atoms with E-state index in [9.17, 15) is 10.2 Å². The molecule has 4 aromatic heterocycles. The van der Waals surface area contributed by atoms with Gasteiger partial charge < -0.3 is 24.3 Å². The molecule has 7 nitrogen and oxygen atoms in total. The van der Waals surface area contributed by atoms with E-state index in [1.807, 2.05) is 59.4 Å². The highest BCUT2D eigenvalue weighted by Crippen LogP contribution is 2.48. The summed E-state index contributed by atoms with van der Waals surface area (Å²) in [6, 6.07) is 13.5. The third kappa shape index (κ3) is 3.00. The lowest BCUT2D eigenvalue weighted by atomic mass is 10.0. The Balaban J connectivity index is 1.65. The molecule has 1 aromatic carbocycles. The predicted molar refractivity (Wildman–Crippen MR) is 115 cm³/mol. The van der Waals surface area contributed by atoms with Gasteiger partial charge >= 0.3 is 0 Å². The van der Waals surface area contributed by atoms with Crippen LogP contribution in [-0.4, -0.2) is 34.3 Å². The molecule has 0 aliphatic heterocycles. The van der Waals surface area contributed by atoms with Crippen LogP contribution in [0.25, 0.3) is 33.4 Å². The number of rotatable bonds is 6. The molecule has 5 rings (SSSR count). The Labute approximate surface area is 172 Å². The minimum Gasteiger partial charge on any atom is -0.503 e. The Bertz CT molecular complexity index is 1290. The van der Waals surface area contributed by atoms with Crippen LogP contribution in [0.2, 0.25) is 0 Å². The van der Waals surface area contributed by atoms with Crippen LogP contribution in [0.3, 0.4) is 0 Å². The lowest BCUT2D eigenvalue weighted by molar-refractivity contribution is 0.368. The molecule has 0 fully saturated rings. The topological polar surface area (TPSA) is 91.9 Å². The number of aromatic nitrogens is 5. The SMILES string of the molecule is Oc1c(-c2c[nH]c3ccccc23)c(-c2ccccn2)n(CCCn2ccnc2)c1O. The number of aromatic hydroxyl groups is 2. The van der Waals surface area contributed by atoms with E-state index >= 15 is 0 Å². The average molecular weight is 399 g/mol. The van der Waals surface area contributed by atoms with Gasteiger partial charge in [0.15, 0.2) is 5.75 Å². The van der Waals surface area contributed by atoms with Crippen LogP contribution >= 0.6 is 0 Å². The number of H-pyrrole nitrogens is 1. The summed E-state index contributed by atoms with van der Waals surface area (Å²) in [5.74, 6) is -0.287. The van der Waals surface area contributed by atoms with E-state index < -0.39 is 0 Å². The monoisotopic (exact) mass is 399 g/mol. The number of nitrogens with one attached hydrogen (secondary N) is 1. The van der Waals surface area contributed by atoms with E-state index in [1.54, 1.807) is 23.3 Å². The molecule has 30 heavy (non-hydrogen) atoms. The summed E-state index contributed by atoms with van der Waals surface area (Å²) in [5.41, 5.74) is 3.75. The zero-order valence-electron chi connectivity index (χ0n) is 16.2. The normalized spacial score (nSPS) is 11.3. The summed E-state index contributed by atoms with van der Waals surface area (Å²) < 4.78 is 3.73. The number of pyridine rings is 1. The smallest absolute Gasteiger partial charge is 0.235 e. The van der Waals surface area contributed by atoms with Crippen molar-refractivity contribution >= 4 is 10.9 Å². The minimum absolute atomic E-state index is 0.136. The first-order valence-corrected chi connectivity index (χ1v) is 9.82. The molecule has 4 heterocycles. The second-order valence-corrected chi connectivity index (χ2v) is 7.16. The van der Waals surface area contributed by atoms with Crippen molar-refractivity contribution in [3.05, 3.63) is 73.6 Å². The molecule has 3 N–H and O–H groups in total. The number of hydrogen-bond donors (Lipinski definition) is 3. The minimum atomic E-state index is -0.151. The highest BCUT2D eigenvalue weighted by molar-refractivity contribution is 6.01. The molecular weight excluding hydrogens is 378 g/mol. The first-order valence-electron chi connectivity index (χ1n) is 9.82. The van der Waals surface area contributed by atoms with Gasteiger partial charge in [0, 0.05) is 54.3 Å². The van der Waals surface area contributed by atoms with Crippen molar-refractivity contribution in [3.8, 4) is 34.1 Å². The van der Waals surface area contributed by atoms with E-state index in [1.165, 1.54) is 0 Å². The Hall–Kier alpha value is -4.00. The number of aryl methyl sites for hydroxylation is 1. The molecule has 0 aliphatic carbocycles. The summed E-state index contributed by atoms with van der Waals surface area (Å²) in [5, 5.41) is 22.8. The zero-order valence-corrected chi connectivity index (χ0v) is 16.2. The summed E-state index contributed by atoms with van der Waals surface area (Å²) >= 11 is 0. The van der Waals surface area contributed by atoms with Gasteiger partial charge in [-0.05, 0) is 24.6 Å². The lowest BCUT2D eigenvalue weighted by Gasteiger charge is -2.11. The van der Waals surface area contributed by atoms with Gasteiger partial charge in [0.25, 0.3) is 0 Å². The van der Waals surface area contributed by atoms with Crippen LogP contribution in [-0.2, 0) is 13.1 Å². The quantitative estimate of drug-likeness (QED) is 0.395. The van der Waals surface area contributed by atoms with E-state index in [0.29, 0.717) is 23.5 Å². The van der Waals surface area contributed by atoms with Crippen molar-refractivity contribution in [2.24, 2.45) is 0 Å². The van der Waals surface area contributed by atoms with Gasteiger partial charge in [0.1, 0.15) is 0 Å². The maximum absolute atomic E-state index is 10.9.